The molecule has 144 valence electrons. The van der Waals surface area contributed by atoms with Crippen molar-refractivity contribution in [3.8, 4) is 0 Å². The Balaban J connectivity index is 3.37. The lowest BCUT2D eigenvalue weighted by atomic mass is 10.5. The van der Waals surface area contributed by atoms with E-state index in [0.29, 0.717) is 0 Å². The zero-order valence-corrected chi connectivity index (χ0v) is 18.6. The molecule has 0 atom stereocenters. The molecule has 0 saturated heterocycles. The molecule has 0 spiro atoms. The van der Waals surface area contributed by atoms with Crippen molar-refractivity contribution in [1.82, 2.24) is 9.72 Å². The highest BCUT2D eigenvalue weighted by Crippen LogP contribution is 2.79. The molecule has 24 heavy (non-hydrogen) atoms. The highest BCUT2D eigenvalue weighted by Gasteiger charge is 2.69. The molecule has 0 saturated carbocycles. The summed E-state index contributed by atoms with van der Waals surface area (Å²) in [7, 11) is -8.69. The first kappa shape index (κ1) is 22.8. The van der Waals surface area contributed by atoms with E-state index in [-0.39, 0.29) is 24.4 Å². The van der Waals surface area contributed by atoms with Crippen molar-refractivity contribution in [3.05, 3.63) is 0 Å². The Hall–Kier alpha value is 0.770. The largest absolute Gasteiger partial charge is 0.524 e. The number of nitrogens with one attached hydrogen (secondary N) is 2. The molecule has 1 aliphatic rings. The second kappa shape index (κ2) is 8.64. The van der Waals surface area contributed by atoms with Crippen LogP contribution in [0, 0.1) is 0 Å². The fourth-order valence-electron chi connectivity index (χ4n) is 2.03. The topological polar surface area (TPSA) is 125 Å². The summed E-state index contributed by atoms with van der Waals surface area (Å²) in [5.41, 5.74) is 12.5. The van der Waals surface area contributed by atoms with Gasteiger partial charge >= 0.3 is 16.0 Å². The Morgan fingerprint density at radius 3 is 1.46 bits per heavy atom. The van der Waals surface area contributed by atoms with Gasteiger partial charge in [-0.15, -0.1) is 0 Å². The molecular weight excluding hydrogens is 371 g/mol. The van der Waals surface area contributed by atoms with Crippen molar-refractivity contribution in [2.24, 2.45) is 15.5 Å². The van der Waals surface area contributed by atoms with Crippen LogP contribution in [0.15, 0.2) is 4.52 Å². The molecule has 0 bridgehead atoms. The highest BCUT2D eigenvalue weighted by molar-refractivity contribution is 7.89. The van der Waals surface area contributed by atoms with Crippen molar-refractivity contribution >= 4 is 23.5 Å². The molecule has 0 radical (unpaired) electrons. The van der Waals surface area contributed by atoms with Crippen LogP contribution in [-0.2, 0) is 18.1 Å². The fourth-order valence-corrected chi connectivity index (χ4v) is 12.1. The predicted octanol–water partition coefficient (Wildman–Crippen LogP) is 4.10. The summed E-state index contributed by atoms with van der Waals surface area (Å²) in [4.78, 5) is 6.38. The van der Waals surface area contributed by atoms with Crippen molar-refractivity contribution in [3.63, 3.8) is 0 Å². The molecular formula is C12H34N5O4P3+2. The second-order valence-electron chi connectivity index (χ2n) is 6.72. The van der Waals surface area contributed by atoms with Crippen LogP contribution in [0.3, 0.4) is 0 Å². The monoisotopic (exact) mass is 405 g/mol. The Morgan fingerprint density at radius 2 is 1.12 bits per heavy atom. The molecule has 9 nitrogen and oxygen atoms in total. The van der Waals surface area contributed by atoms with Crippen LogP contribution in [0.1, 0.15) is 55.4 Å². The number of nitrogens with two attached hydrogens (primary N) is 2. The van der Waals surface area contributed by atoms with Crippen LogP contribution in [0.5, 0.6) is 0 Å². The van der Waals surface area contributed by atoms with Gasteiger partial charge in [0.2, 0.25) is 7.51 Å². The summed E-state index contributed by atoms with van der Waals surface area (Å²) in [6.07, 6.45) is -0.497. The number of hydrogen-bond donors (Lipinski definition) is 4. The van der Waals surface area contributed by atoms with Crippen LogP contribution >= 0.6 is 23.5 Å². The molecule has 0 aromatic rings. The standard InChI is InChI=1S/C12H34N5O4P3/c1-9(2)18-23(19-10(3)4)15-22(13,14)16-24(17-23,20-11(5)6)21-12(7)8/h9-12,15,17H,13-14H2,1-8H3/q+2. The maximum absolute atomic E-state index is 6.24. The minimum atomic E-state index is -2.95. The van der Waals surface area contributed by atoms with Crippen molar-refractivity contribution in [1.29, 1.82) is 0 Å². The Bertz CT molecular complexity index is 450. The third kappa shape index (κ3) is 7.18. The van der Waals surface area contributed by atoms with E-state index in [1.165, 1.54) is 0 Å². The second-order valence-corrected chi connectivity index (χ2v) is 13.5. The van der Waals surface area contributed by atoms with E-state index in [2.05, 4.69) is 14.2 Å². The van der Waals surface area contributed by atoms with Gasteiger partial charge in [0.25, 0.3) is 0 Å². The van der Waals surface area contributed by atoms with Gasteiger partial charge in [-0.3, -0.25) is 11.0 Å². The molecule has 0 aliphatic carbocycles. The Morgan fingerprint density at radius 1 is 0.750 bits per heavy atom. The summed E-state index contributed by atoms with van der Waals surface area (Å²) in [6, 6.07) is 0. The van der Waals surface area contributed by atoms with Crippen LogP contribution in [0.4, 0.5) is 0 Å². The first-order valence-electron chi connectivity index (χ1n) is 8.10. The van der Waals surface area contributed by atoms with Gasteiger partial charge in [0, 0.05) is 0 Å². The van der Waals surface area contributed by atoms with Crippen LogP contribution < -0.4 is 20.7 Å². The molecule has 0 aromatic carbocycles. The van der Waals surface area contributed by atoms with Gasteiger partial charge in [0.1, 0.15) is 24.4 Å². The van der Waals surface area contributed by atoms with Crippen LogP contribution in [0.2, 0.25) is 0 Å². The summed E-state index contributed by atoms with van der Waals surface area (Å²) < 4.78 is 28.8. The highest BCUT2D eigenvalue weighted by atomic mass is 31.3. The number of hydrogen-bond acceptors (Lipinski definition) is 9. The van der Waals surface area contributed by atoms with Gasteiger partial charge in [0.15, 0.2) is 0 Å². The SMILES string of the molecule is CC(C)O[P+]1(OC(C)C)N=P(N)(N)N[P+](OC(C)C)(OC(C)C)N1. The molecule has 1 rings (SSSR count). The van der Waals surface area contributed by atoms with Gasteiger partial charge in [-0.2, -0.15) is 18.1 Å². The van der Waals surface area contributed by atoms with Gasteiger partial charge in [0.05, 0.1) is 4.86 Å². The maximum atomic E-state index is 6.24. The first-order valence-corrected chi connectivity index (χ1v) is 13.2. The molecule has 12 heteroatoms. The van der Waals surface area contributed by atoms with E-state index in [4.69, 9.17) is 29.1 Å². The Labute approximate surface area is 147 Å². The van der Waals surface area contributed by atoms with Crippen molar-refractivity contribution < 1.29 is 18.1 Å². The van der Waals surface area contributed by atoms with E-state index in [1.54, 1.807) is 0 Å². The van der Waals surface area contributed by atoms with Gasteiger partial charge in [-0.25, -0.2) is 0 Å². The zero-order chi connectivity index (χ0) is 18.8. The minimum absolute atomic E-state index is 0.116. The quantitative estimate of drug-likeness (QED) is 0.445. The normalized spacial score (nSPS) is 22.4. The molecule has 6 N–H and O–H groups in total. The smallest absolute Gasteiger partial charge is 0.268 e. The number of nitrogens with zero attached hydrogens (tertiary/aromatic N) is 1. The van der Waals surface area contributed by atoms with E-state index in [1.807, 2.05) is 55.4 Å². The van der Waals surface area contributed by atoms with Crippen molar-refractivity contribution in [2.75, 3.05) is 0 Å². The van der Waals surface area contributed by atoms with Gasteiger partial charge in [-0.1, -0.05) is 4.86 Å². The lowest BCUT2D eigenvalue weighted by Gasteiger charge is -2.34. The third-order valence-corrected chi connectivity index (χ3v) is 11.6. The average molecular weight is 405 g/mol. The van der Waals surface area contributed by atoms with Crippen molar-refractivity contribution in [2.45, 2.75) is 79.8 Å². The lowest BCUT2D eigenvalue weighted by molar-refractivity contribution is 0.138. The molecule has 0 unspecified atom stereocenters. The summed E-state index contributed by atoms with van der Waals surface area (Å²) >= 11 is 0. The Kier molecular flexibility index (Phi) is 8.21. The van der Waals surface area contributed by atoms with Crippen LogP contribution in [-0.4, -0.2) is 24.4 Å². The summed E-state index contributed by atoms with van der Waals surface area (Å²) in [5, 5.41) is 0. The van der Waals surface area contributed by atoms with Gasteiger partial charge < -0.3 is 0 Å². The van der Waals surface area contributed by atoms with E-state index in [9.17, 15) is 0 Å². The van der Waals surface area contributed by atoms with E-state index < -0.39 is 23.5 Å². The first-order chi connectivity index (χ1) is 10.8. The summed E-state index contributed by atoms with van der Waals surface area (Å²) in [6.45, 7) is 15.3. The van der Waals surface area contributed by atoms with Gasteiger partial charge in [-0.05, 0) is 59.9 Å². The molecule has 1 heterocycles. The lowest BCUT2D eigenvalue weighted by Crippen LogP contribution is -2.41. The van der Waals surface area contributed by atoms with E-state index in [0.717, 1.165) is 0 Å². The number of rotatable bonds is 8. The van der Waals surface area contributed by atoms with Crippen LogP contribution in [0.25, 0.3) is 0 Å². The summed E-state index contributed by atoms with van der Waals surface area (Å²) in [5.74, 6) is 0. The third-order valence-electron chi connectivity index (χ3n) is 2.24. The fraction of sp³-hybridized carbons (Fsp3) is 1.00. The predicted molar refractivity (Wildman–Crippen MR) is 103 cm³/mol. The molecule has 0 amide bonds. The molecule has 0 aromatic heterocycles. The zero-order valence-electron chi connectivity index (χ0n) is 15.9. The molecule has 0 fully saturated rings. The van der Waals surface area contributed by atoms with E-state index >= 15 is 0 Å². The minimum Gasteiger partial charge on any atom is -0.268 e. The maximum Gasteiger partial charge on any atom is 0.524 e. The molecule has 1 aliphatic heterocycles. The average Bonchev–Trinajstić information content (AvgIpc) is 2.18.